The Bertz CT molecular complexity index is 463. The highest BCUT2D eigenvalue weighted by Gasteiger charge is 2.31. The van der Waals surface area contributed by atoms with Crippen molar-refractivity contribution in [2.45, 2.75) is 25.8 Å². The first kappa shape index (κ1) is 14.6. The van der Waals surface area contributed by atoms with Crippen LogP contribution in [0, 0.1) is 18.6 Å². The molecule has 0 aliphatic rings. The van der Waals surface area contributed by atoms with Crippen molar-refractivity contribution in [3.8, 4) is 0 Å². The van der Waals surface area contributed by atoms with Gasteiger partial charge in [0.05, 0.1) is 19.1 Å². The van der Waals surface area contributed by atoms with Crippen LogP contribution in [0.5, 0.6) is 0 Å². The van der Waals surface area contributed by atoms with Gasteiger partial charge in [-0.15, -0.1) is 0 Å². The van der Waals surface area contributed by atoms with Crippen LogP contribution in [0.1, 0.15) is 24.5 Å². The topological polar surface area (TPSA) is 38.3 Å². The maximum Gasteiger partial charge on any atom is 0.307 e. The average Bonchev–Trinajstić information content (AvgIpc) is 2.33. The van der Waals surface area contributed by atoms with Crippen LogP contribution in [0.4, 0.5) is 8.78 Å². The molecule has 1 unspecified atom stereocenters. The zero-order valence-electron chi connectivity index (χ0n) is 10.9. The van der Waals surface area contributed by atoms with Gasteiger partial charge < -0.3 is 10.1 Å². The molecule has 1 atom stereocenters. The van der Waals surface area contributed by atoms with Gasteiger partial charge >= 0.3 is 5.97 Å². The van der Waals surface area contributed by atoms with Crippen LogP contribution in [0.15, 0.2) is 12.1 Å². The molecular weight excluding hydrogens is 240 g/mol. The second kappa shape index (κ2) is 5.44. The van der Waals surface area contributed by atoms with Crippen molar-refractivity contribution >= 4 is 5.97 Å². The Balaban J connectivity index is 3.23. The molecule has 1 aromatic rings. The Morgan fingerprint density at radius 1 is 1.39 bits per heavy atom. The molecule has 0 aromatic heterocycles. The Hall–Kier alpha value is -1.49. The fourth-order valence-corrected chi connectivity index (χ4v) is 1.75. The lowest BCUT2D eigenvalue weighted by Crippen LogP contribution is -2.40. The van der Waals surface area contributed by atoms with Gasteiger partial charge in [0.2, 0.25) is 0 Å². The summed E-state index contributed by atoms with van der Waals surface area (Å²) in [6.45, 7) is 3.11. The molecule has 0 amide bonds. The monoisotopic (exact) mass is 257 g/mol. The Morgan fingerprint density at radius 2 is 2.00 bits per heavy atom. The maximum absolute atomic E-state index is 13.9. The lowest BCUT2D eigenvalue weighted by molar-refractivity contribution is -0.142. The molecule has 0 bridgehead atoms. The third-order valence-corrected chi connectivity index (χ3v) is 3.12. The summed E-state index contributed by atoms with van der Waals surface area (Å²) in [4.78, 5) is 11.3. The fraction of sp³-hybridized carbons (Fsp3) is 0.462. The van der Waals surface area contributed by atoms with E-state index in [-0.39, 0.29) is 17.5 Å². The molecule has 0 fully saturated rings. The van der Waals surface area contributed by atoms with E-state index in [1.165, 1.54) is 14.0 Å². The molecule has 0 heterocycles. The van der Waals surface area contributed by atoms with Gasteiger partial charge in [-0.05, 0) is 38.6 Å². The van der Waals surface area contributed by atoms with Gasteiger partial charge in [0.15, 0.2) is 0 Å². The predicted molar refractivity (Wildman–Crippen MR) is 64.1 cm³/mol. The van der Waals surface area contributed by atoms with Crippen LogP contribution in [0.2, 0.25) is 0 Å². The Kier molecular flexibility index (Phi) is 4.40. The smallest absolute Gasteiger partial charge is 0.307 e. The number of nitrogens with one attached hydrogen (secondary N) is 1. The van der Waals surface area contributed by atoms with Crippen LogP contribution in [-0.2, 0) is 15.1 Å². The standard InChI is InChI=1S/C13H17F2NO2/c1-8-5-11(15)9(6-10(8)14)13(2,16-3)7-12(17)18-4/h5-6,16H,7H2,1-4H3. The van der Waals surface area contributed by atoms with Crippen LogP contribution >= 0.6 is 0 Å². The van der Waals surface area contributed by atoms with E-state index in [4.69, 9.17) is 0 Å². The molecule has 0 radical (unpaired) electrons. The maximum atomic E-state index is 13.9. The molecule has 100 valence electrons. The summed E-state index contributed by atoms with van der Waals surface area (Å²) in [5.74, 6) is -1.54. The highest BCUT2D eigenvalue weighted by molar-refractivity contribution is 5.71. The first-order valence-corrected chi connectivity index (χ1v) is 5.56. The Labute approximate surface area is 105 Å². The molecule has 1 N–H and O–H groups in total. The van der Waals surface area contributed by atoms with Gasteiger partial charge in [-0.3, -0.25) is 4.79 Å². The number of halogens is 2. The predicted octanol–water partition coefficient (Wildman–Crippen LogP) is 2.27. The van der Waals surface area contributed by atoms with Crippen molar-refractivity contribution in [1.82, 2.24) is 5.32 Å². The number of carbonyl (C=O) groups is 1. The van der Waals surface area contributed by atoms with Crippen molar-refractivity contribution < 1.29 is 18.3 Å². The van der Waals surface area contributed by atoms with Crippen LogP contribution in [-0.4, -0.2) is 20.1 Å². The van der Waals surface area contributed by atoms with Crippen molar-refractivity contribution in [2.75, 3.05) is 14.2 Å². The third-order valence-electron chi connectivity index (χ3n) is 3.12. The summed E-state index contributed by atoms with van der Waals surface area (Å²) in [6, 6.07) is 2.24. The summed E-state index contributed by atoms with van der Waals surface area (Å²) >= 11 is 0. The van der Waals surface area contributed by atoms with Gasteiger partial charge in [0.25, 0.3) is 0 Å². The molecule has 3 nitrogen and oxygen atoms in total. The van der Waals surface area contributed by atoms with Gasteiger partial charge in [0.1, 0.15) is 11.6 Å². The molecule has 0 spiro atoms. The van der Waals surface area contributed by atoms with Gasteiger partial charge in [0, 0.05) is 5.56 Å². The molecule has 1 rings (SSSR count). The van der Waals surface area contributed by atoms with E-state index in [1.54, 1.807) is 14.0 Å². The summed E-state index contributed by atoms with van der Waals surface area (Å²) < 4.78 is 32.0. The molecule has 0 aliphatic heterocycles. The number of hydrogen-bond donors (Lipinski definition) is 1. The van der Waals surface area contributed by atoms with Gasteiger partial charge in [-0.1, -0.05) is 0 Å². The molecule has 5 heteroatoms. The number of rotatable bonds is 4. The molecular formula is C13H17F2NO2. The van der Waals surface area contributed by atoms with E-state index < -0.39 is 23.1 Å². The number of benzene rings is 1. The van der Waals surface area contributed by atoms with Gasteiger partial charge in [-0.2, -0.15) is 0 Å². The van der Waals surface area contributed by atoms with Crippen LogP contribution in [0.3, 0.4) is 0 Å². The average molecular weight is 257 g/mol. The number of hydrogen-bond acceptors (Lipinski definition) is 3. The van der Waals surface area contributed by atoms with Crippen molar-refractivity contribution in [3.05, 3.63) is 34.9 Å². The number of esters is 1. The van der Waals surface area contributed by atoms with E-state index in [0.29, 0.717) is 0 Å². The zero-order chi connectivity index (χ0) is 13.9. The van der Waals surface area contributed by atoms with E-state index in [9.17, 15) is 13.6 Å². The minimum atomic E-state index is -1.01. The molecule has 1 aromatic carbocycles. The lowest BCUT2D eigenvalue weighted by Gasteiger charge is -2.29. The fourth-order valence-electron chi connectivity index (χ4n) is 1.75. The SMILES string of the molecule is CNC(C)(CC(=O)OC)c1cc(F)c(C)cc1F. The number of ether oxygens (including phenoxy) is 1. The highest BCUT2D eigenvalue weighted by atomic mass is 19.1. The van der Waals surface area contributed by atoms with E-state index in [2.05, 4.69) is 10.1 Å². The minimum Gasteiger partial charge on any atom is -0.469 e. The summed E-state index contributed by atoms with van der Waals surface area (Å²) in [5.41, 5.74) is -0.669. The summed E-state index contributed by atoms with van der Waals surface area (Å²) in [6.07, 6.45) is -0.0839. The molecule has 0 saturated carbocycles. The molecule has 0 aliphatic carbocycles. The van der Waals surface area contributed by atoms with E-state index in [1.807, 2.05) is 0 Å². The summed E-state index contributed by atoms with van der Waals surface area (Å²) in [5, 5.41) is 2.84. The van der Waals surface area contributed by atoms with Crippen molar-refractivity contribution in [1.29, 1.82) is 0 Å². The first-order valence-electron chi connectivity index (χ1n) is 5.56. The number of carbonyl (C=O) groups excluding carboxylic acids is 1. The van der Waals surface area contributed by atoms with Crippen LogP contribution < -0.4 is 5.32 Å². The van der Waals surface area contributed by atoms with E-state index in [0.717, 1.165) is 12.1 Å². The minimum absolute atomic E-state index is 0.0839. The second-order valence-corrected chi connectivity index (χ2v) is 4.42. The molecule has 0 saturated heterocycles. The second-order valence-electron chi connectivity index (χ2n) is 4.42. The number of methoxy groups -OCH3 is 1. The zero-order valence-corrected chi connectivity index (χ0v) is 10.9. The van der Waals surface area contributed by atoms with Crippen molar-refractivity contribution in [3.63, 3.8) is 0 Å². The quantitative estimate of drug-likeness (QED) is 0.841. The normalized spacial score (nSPS) is 14.1. The molecule has 18 heavy (non-hydrogen) atoms. The van der Waals surface area contributed by atoms with Crippen LogP contribution in [0.25, 0.3) is 0 Å². The Morgan fingerprint density at radius 3 is 2.50 bits per heavy atom. The largest absolute Gasteiger partial charge is 0.469 e. The highest BCUT2D eigenvalue weighted by Crippen LogP contribution is 2.29. The van der Waals surface area contributed by atoms with E-state index >= 15 is 0 Å². The van der Waals surface area contributed by atoms with Crippen molar-refractivity contribution in [2.24, 2.45) is 0 Å². The number of aryl methyl sites for hydroxylation is 1. The first-order chi connectivity index (χ1) is 8.34. The lowest BCUT2D eigenvalue weighted by atomic mass is 9.87. The third kappa shape index (κ3) is 2.85. The van der Waals surface area contributed by atoms with Gasteiger partial charge in [-0.25, -0.2) is 8.78 Å². The summed E-state index contributed by atoms with van der Waals surface area (Å²) in [7, 11) is 2.84.